The smallest absolute Gasteiger partial charge is 0.338 e. The molecule has 1 aromatic heterocycles. The van der Waals surface area contributed by atoms with Crippen molar-refractivity contribution in [1.29, 1.82) is 0 Å². The molecule has 0 aliphatic heterocycles. The average molecular weight is 401 g/mol. The van der Waals surface area contributed by atoms with Gasteiger partial charge < -0.3 is 15.0 Å². The predicted octanol–water partition coefficient (Wildman–Crippen LogP) is 2.94. The molecule has 1 atom stereocenters. The maximum absolute atomic E-state index is 12.5. The second-order valence-electron chi connectivity index (χ2n) is 6.55. The summed E-state index contributed by atoms with van der Waals surface area (Å²) in [6.07, 6.45) is 3.60. The number of rotatable bonds is 6. The van der Waals surface area contributed by atoms with Gasteiger partial charge >= 0.3 is 5.97 Å². The Morgan fingerprint density at radius 3 is 2.89 bits per heavy atom. The fourth-order valence-corrected chi connectivity index (χ4v) is 3.85. The molecule has 8 heteroatoms. The summed E-state index contributed by atoms with van der Waals surface area (Å²) in [6.45, 7) is 3.77. The van der Waals surface area contributed by atoms with Crippen LogP contribution in [0.2, 0.25) is 0 Å². The van der Waals surface area contributed by atoms with Crippen LogP contribution in [0.15, 0.2) is 34.2 Å². The Bertz CT molecular complexity index is 941. The number of esters is 1. The molecule has 1 amide bonds. The summed E-state index contributed by atoms with van der Waals surface area (Å²) in [5, 5.41) is 2.77. The molecule has 3 rings (SSSR count). The largest absolute Gasteiger partial charge is 0.462 e. The number of nitrogens with zero attached hydrogens (tertiary/aromatic N) is 1. The van der Waals surface area contributed by atoms with E-state index < -0.39 is 11.2 Å². The van der Waals surface area contributed by atoms with Gasteiger partial charge in [0.15, 0.2) is 5.16 Å². The molecule has 0 saturated heterocycles. The summed E-state index contributed by atoms with van der Waals surface area (Å²) >= 11 is 1.21. The number of hydrogen-bond donors (Lipinski definition) is 2. The topological polar surface area (TPSA) is 101 Å². The minimum Gasteiger partial charge on any atom is -0.462 e. The lowest BCUT2D eigenvalue weighted by Gasteiger charge is -2.16. The highest BCUT2D eigenvalue weighted by molar-refractivity contribution is 8.00. The quantitative estimate of drug-likeness (QED) is 0.438. The molecule has 1 heterocycles. The van der Waals surface area contributed by atoms with Crippen LogP contribution in [-0.4, -0.2) is 33.7 Å². The normalized spacial score (nSPS) is 14.1. The van der Waals surface area contributed by atoms with Crippen molar-refractivity contribution in [2.45, 2.75) is 49.9 Å². The lowest BCUT2D eigenvalue weighted by atomic mass is 9.97. The second-order valence-corrected chi connectivity index (χ2v) is 7.88. The number of amides is 1. The summed E-state index contributed by atoms with van der Waals surface area (Å²) < 4.78 is 4.97. The molecule has 148 valence electrons. The van der Waals surface area contributed by atoms with Crippen LogP contribution in [-0.2, 0) is 22.4 Å². The van der Waals surface area contributed by atoms with Gasteiger partial charge in [-0.15, -0.1) is 0 Å². The fourth-order valence-electron chi connectivity index (χ4n) is 3.04. The number of carbonyl (C=O) groups is 2. The van der Waals surface area contributed by atoms with Gasteiger partial charge in [-0.1, -0.05) is 17.8 Å². The number of fused-ring (bicyclic) bond motifs is 1. The van der Waals surface area contributed by atoms with Crippen molar-refractivity contribution in [3.05, 3.63) is 51.4 Å². The van der Waals surface area contributed by atoms with Crippen molar-refractivity contribution in [2.75, 3.05) is 11.9 Å². The lowest BCUT2D eigenvalue weighted by Crippen LogP contribution is -2.25. The Morgan fingerprint density at radius 1 is 1.32 bits per heavy atom. The van der Waals surface area contributed by atoms with Gasteiger partial charge in [-0.2, -0.15) is 0 Å². The number of nitrogens with one attached hydrogen (secondary N) is 2. The first-order chi connectivity index (χ1) is 13.5. The van der Waals surface area contributed by atoms with Crippen molar-refractivity contribution >= 4 is 29.3 Å². The summed E-state index contributed by atoms with van der Waals surface area (Å²) in [7, 11) is 0. The summed E-state index contributed by atoms with van der Waals surface area (Å²) in [4.78, 5) is 43.9. The van der Waals surface area contributed by atoms with Gasteiger partial charge in [-0.25, -0.2) is 9.78 Å². The minimum atomic E-state index is -0.476. The molecular formula is C20H23N3O4S. The first-order valence-corrected chi connectivity index (χ1v) is 10.2. The van der Waals surface area contributed by atoms with E-state index in [0.29, 0.717) is 16.4 Å². The number of carbonyl (C=O) groups excluding carboxylic acids is 2. The van der Waals surface area contributed by atoms with E-state index in [-0.39, 0.29) is 18.1 Å². The Morgan fingerprint density at radius 2 is 2.11 bits per heavy atom. The minimum absolute atomic E-state index is 0.109. The van der Waals surface area contributed by atoms with Gasteiger partial charge in [0.05, 0.1) is 23.1 Å². The number of aryl methyl sites for hydroxylation is 1. The Labute approximate surface area is 167 Å². The molecule has 2 aromatic rings. The summed E-state index contributed by atoms with van der Waals surface area (Å²) in [6, 6.07) is 6.60. The highest BCUT2D eigenvalue weighted by Crippen LogP contribution is 2.23. The van der Waals surface area contributed by atoms with Crippen LogP contribution in [0.1, 0.15) is 48.3 Å². The molecule has 2 N–H and O–H groups in total. The average Bonchev–Trinajstić information content (AvgIpc) is 2.68. The van der Waals surface area contributed by atoms with E-state index in [9.17, 15) is 14.4 Å². The zero-order chi connectivity index (χ0) is 20.1. The molecule has 0 radical (unpaired) electrons. The number of anilines is 1. The molecule has 1 aliphatic rings. The number of aromatic amines is 1. The van der Waals surface area contributed by atoms with Crippen molar-refractivity contribution in [3.63, 3.8) is 0 Å². The number of ether oxygens (including phenoxy) is 1. The van der Waals surface area contributed by atoms with Crippen LogP contribution in [0.5, 0.6) is 0 Å². The molecule has 0 bridgehead atoms. The zero-order valence-corrected chi connectivity index (χ0v) is 16.7. The first kappa shape index (κ1) is 20.1. The Balaban J connectivity index is 1.67. The monoisotopic (exact) mass is 401 g/mol. The third-order valence-electron chi connectivity index (χ3n) is 4.47. The highest BCUT2D eigenvalue weighted by atomic mass is 32.2. The molecule has 7 nitrogen and oxygen atoms in total. The van der Waals surface area contributed by atoms with Gasteiger partial charge in [0, 0.05) is 11.3 Å². The fraction of sp³-hybridized carbons (Fsp3) is 0.400. The molecular weight excluding hydrogens is 378 g/mol. The van der Waals surface area contributed by atoms with Crippen LogP contribution < -0.4 is 10.9 Å². The van der Waals surface area contributed by atoms with E-state index in [1.807, 2.05) is 0 Å². The zero-order valence-electron chi connectivity index (χ0n) is 15.9. The van der Waals surface area contributed by atoms with E-state index >= 15 is 0 Å². The van der Waals surface area contributed by atoms with E-state index in [4.69, 9.17) is 4.74 Å². The third kappa shape index (κ3) is 4.81. The van der Waals surface area contributed by atoms with Crippen LogP contribution in [0.25, 0.3) is 0 Å². The Kier molecular flexibility index (Phi) is 6.51. The molecule has 28 heavy (non-hydrogen) atoms. The SMILES string of the molecule is CCOC(=O)c1cccc(NC(=O)C(C)Sc2nc3c(c(=O)[nH]2)CCCC3)c1. The van der Waals surface area contributed by atoms with Gasteiger partial charge in [0.1, 0.15) is 0 Å². The van der Waals surface area contributed by atoms with Gasteiger partial charge in [0.25, 0.3) is 5.56 Å². The van der Waals surface area contributed by atoms with Crippen molar-refractivity contribution in [3.8, 4) is 0 Å². The second kappa shape index (κ2) is 9.05. The predicted molar refractivity (Wildman–Crippen MR) is 108 cm³/mol. The highest BCUT2D eigenvalue weighted by Gasteiger charge is 2.20. The molecule has 1 aromatic carbocycles. The van der Waals surface area contributed by atoms with Crippen LogP contribution in [0, 0.1) is 0 Å². The maximum atomic E-state index is 12.5. The van der Waals surface area contributed by atoms with Crippen LogP contribution in [0.4, 0.5) is 5.69 Å². The number of thioether (sulfide) groups is 1. The molecule has 1 unspecified atom stereocenters. The number of H-pyrrole nitrogens is 1. The van der Waals surface area contributed by atoms with Crippen LogP contribution >= 0.6 is 11.8 Å². The third-order valence-corrected chi connectivity index (χ3v) is 5.45. The summed E-state index contributed by atoms with van der Waals surface area (Å²) in [5.74, 6) is -0.678. The number of aromatic nitrogens is 2. The standard InChI is InChI=1S/C20H23N3O4S/c1-3-27-19(26)13-7-6-8-14(11-13)21-17(24)12(2)28-20-22-16-10-5-4-9-15(16)18(25)23-20/h6-8,11-12H,3-5,9-10H2,1-2H3,(H,21,24)(H,22,23,25). The first-order valence-electron chi connectivity index (χ1n) is 9.34. The molecule has 0 fully saturated rings. The maximum Gasteiger partial charge on any atom is 0.338 e. The molecule has 0 saturated carbocycles. The molecule has 1 aliphatic carbocycles. The van der Waals surface area contributed by atoms with E-state index in [1.54, 1.807) is 38.1 Å². The van der Waals surface area contributed by atoms with E-state index in [1.165, 1.54) is 11.8 Å². The van der Waals surface area contributed by atoms with Crippen molar-refractivity contribution in [2.24, 2.45) is 0 Å². The van der Waals surface area contributed by atoms with Crippen LogP contribution in [0.3, 0.4) is 0 Å². The number of benzene rings is 1. The van der Waals surface area contributed by atoms with Crippen molar-refractivity contribution in [1.82, 2.24) is 9.97 Å². The van der Waals surface area contributed by atoms with Gasteiger partial charge in [-0.05, 0) is 57.7 Å². The number of hydrogen-bond acceptors (Lipinski definition) is 6. The van der Waals surface area contributed by atoms with E-state index in [2.05, 4.69) is 15.3 Å². The summed E-state index contributed by atoms with van der Waals surface area (Å²) in [5.41, 5.74) is 2.38. The van der Waals surface area contributed by atoms with Gasteiger partial charge in [-0.3, -0.25) is 9.59 Å². The van der Waals surface area contributed by atoms with Gasteiger partial charge in [0.2, 0.25) is 5.91 Å². The van der Waals surface area contributed by atoms with E-state index in [0.717, 1.165) is 36.9 Å². The lowest BCUT2D eigenvalue weighted by molar-refractivity contribution is -0.115. The Hall–Kier alpha value is -2.61. The molecule has 0 spiro atoms. The van der Waals surface area contributed by atoms with Crippen molar-refractivity contribution < 1.29 is 14.3 Å².